The Bertz CT molecular complexity index is 224. The molecule has 0 aliphatic heterocycles. The predicted molar refractivity (Wildman–Crippen MR) is 44.0 cm³/mol. The molecule has 0 saturated carbocycles. The van der Waals surface area contributed by atoms with E-state index >= 15 is 0 Å². The smallest absolute Gasteiger partial charge is 0.119 e. The van der Waals surface area contributed by atoms with Gasteiger partial charge in [-0.2, -0.15) is 0 Å². The lowest BCUT2D eigenvalue weighted by molar-refractivity contribution is 0.0922. The van der Waals surface area contributed by atoms with Gasteiger partial charge in [-0.1, -0.05) is 0 Å². The lowest BCUT2D eigenvalue weighted by atomic mass is 10.2. The molecular weight excluding hydrogens is 210 g/mol. The van der Waals surface area contributed by atoms with E-state index in [1.165, 1.54) is 0 Å². The number of hydrogen-bond donors (Lipinski definition) is 2. The molecule has 1 rings (SSSR count). The van der Waals surface area contributed by atoms with Crippen LogP contribution in [0.1, 0.15) is 11.8 Å². The zero-order chi connectivity index (χ0) is 8.27. The predicted octanol–water partition coefficient (Wildman–Crippen LogP) is 0.870. The van der Waals surface area contributed by atoms with Gasteiger partial charge >= 0.3 is 0 Å². The number of aliphatic hydroxyl groups is 2. The van der Waals surface area contributed by atoms with Crippen molar-refractivity contribution in [1.82, 2.24) is 4.98 Å². The number of hydrogen-bond acceptors (Lipinski definition) is 3. The molecule has 0 unspecified atom stereocenters. The number of aliphatic hydroxyl groups excluding tert-OH is 2. The summed E-state index contributed by atoms with van der Waals surface area (Å²) in [5, 5.41) is 17.6. The minimum absolute atomic E-state index is 0.297. The second kappa shape index (κ2) is 3.80. The van der Waals surface area contributed by atoms with E-state index in [2.05, 4.69) is 20.9 Å². The zero-order valence-corrected chi connectivity index (χ0v) is 7.32. The van der Waals surface area contributed by atoms with Crippen LogP contribution in [0.2, 0.25) is 0 Å². The van der Waals surface area contributed by atoms with Gasteiger partial charge in [-0.3, -0.25) is 4.98 Å². The van der Waals surface area contributed by atoms with E-state index in [0.717, 1.165) is 4.47 Å². The summed E-state index contributed by atoms with van der Waals surface area (Å²) in [7, 11) is 0. The van der Waals surface area contributed by atoms with Gasteiger partial charge in [0.2, 0.25) is 0 Å². The van der Waals surface area contributed by atoms with Gasteiger partial charge in [0.25, 0.3) is 0 Å². The van der Waals surface area contributed by atoms with Gasteiger partial charge in [-0.25, -0.2) is 0 Å². The van der Waals surface area contributed by atoms with E-state index in [1.807, 2.05) is 0 Å². The molecule has 4 heteroatoms. The maximum absolute atomic E-state index is 9.09. The summed E-state index contributed by atoms with van der Waals surface area (Å²) in [5.41, 5.74) is 0.482. The number of nitrogens with zero attached hydrogens (tertiary/aromatic N) is 1. The van der Waals surface area contributed by atoms with Crippen LogP contribution < -0.4 is 0 Å². The first kappa shape index (κ1) is 8.64. The summed E-state index contributed by atoms with van der Waals surface area (Å²) < 4.78 is 0.853. The monoisotopic (exact) mass is 217 g/mol. The van der Waals surface area contributed by atoms with Crippen LogP contribution in [-0.2, 0) is 0 Å². The first-order valence-corrected chi connectivity index (χ1v) is 3.93. The van der Waals surface area contributed by atoms with Crippen molar-refractivity contribution in [2.24, 2.45) is 0 Å². The number of halogens is 1. The number of rotatable bonds is 2. The lowest BCUT2D eigenvalue weighted by Gasteiger charge is -2.04. The van der Waals surface area contributed by atoms with Crippen molar-refractivity contribution in [2.75, 3.05) is 6.61 Å². The Morgan fingerprint density at radius 3 is 2.73 bits per heavy atom. The largest absolute Gasteiger partial charge is 0.393 e. The molecule has 0 aliphatic carbocycles. The molecule has 1 aromatic rings. The molecule has 0 aliphatic rings. The fourth-order valence-corrected chi connectivity index (χ4v) is 0.912. The standard InChI is InChI=1S/C7H8BrNO2/c8-5-1-2-6(9-3-5)7(11)4-10/h1-3,7,10-11H,4H2/t7-/m1/s1. The average Bonchev–Trinajstić information content (AvgIpc) is 2.05. The van der Waals surface area contributed by atoms with Crippen molar-refractivity contribution >= 4 is 15.9 Å². The van der Waals surface area contributed by atoms with Crippen molar-refractivity contribution in [3.8, 4) is 0 Å². The molecule has 1 aromatic heterocycles. The van der Waals surface area contributed by atoms with Crippen LogP contribution in [0.25, 0.3) is 0 Å². The summed E-state index contributed by atoms with van der Waals surface area (Å²) in [6.45, 7) is -0.297. The van der Waals surface area contributed by atoms with Gasteiger partial charge in [0.1, 0.15) is 6.10 Å². The molecule has 60 valence electrons. The molecule has 1 heterocycles. The summed E-state index contributed by atoms with van der Waals surface area (Å²) in [5.74, 6) is 0. The highest BCUT2D eigenvalue weighted by molar-refractivity contribution is 9.10. The Morgan fingerprint density at radius 2 is 2.27 bits per heavy atom. The molecule has 0 spiro atoms. The van der Waals surface area contributed by atoms with Crippen LogP contribution in [0.3, 0.4) is 0 Å². The summed E-state index contributed by atoms with van der Waals surface area (Å²) in [6, 6.07) is 3.42. The second-order valence-corrected chi connectivity index (χ2v) is 3.02. The van der Waals surface area contributed by atoms with Crippen molar-refractivity contribution in [1.29, 1.82) is 0 Å². The van der Waals surface area contributed by atoms with Crippen LogP contribution in [0.5, 0.6) is 0 Å². The molecule has 0 fully saturated rings. The van der Waals surface area contributed by atoms with Crippen LogP contribution in [0, 0.1) is 0 Å². The molecular formula is C7H8BrNO2. The van der Waals surface area contributed by atoms with Crippen LogP contribution in [-0.4, -0.2) is 21.8 Å². The minimum Gasteiger partial charge on any atom is -0.393 e. The molecule has 0 radical (unpaired) electrons. The summed E-state index contributed by atoms with van der Waals surface area (Å²) >= 11 is 3.21. The Hall–Kier alpha value is -0.450. The van der Waals surface area contributed by atoms with Crippen molar-refractivity contribution in [2.45, 2.75) is 6.10 Å². The van der Waals surface area contributed by atoms with Gasteiger partial charge in [-0.15, -0.1) is 0 Å². The van der Waals surface area contributed by atoms with E-state index in [0.29, 0.717) is 5.69 Å². The fourth-order valence-electron chi connectivity index (χ4n) is 0.678. The highest BCUT2D eigenvalue weighted by atomic mass is 79.9. The van der Waals surface area contributed by atoms with Gasteiger partial charge in [0, 0.05) is 10.7 Å². The maximum atomic E-state index is 9.09. The normalized spacial score (nSPS) is 13.0. The van der Waals surface area contributed by atoms with E-state index in [-0.39, 0.29) is 6.61 Å². The SMILES string of the molecule is OC[C@@H](O)c1ccc(Br)cn1. The lowest BCUT2D eigenvalue weighted by Crippen LogP contribution is -2.04. The minimum atomic E-state index is -0.872. The third-order valence-electron chi connectivity index (χ3n) is 1.26. The van der Waals surface area contributed by atoms with Crippen LogP contribution in [0.4, 0.5) is 0 Å². The van der Waals surface area contributed by atoms with Crippen molar-refractivity contribution in [3.63, 3.8) is 0 Å². The van der Waals surface area contributed by atoms with Gasteiger partial charge in [-0.05, 0) is 28.1 Å². The zero-order valence-electron chi connectivity index (χ0n) is 5.74. The highest BCUT2D eigenvalue weighted by Crippen LogP contribution is 2.12. The third kappa shape index (κ3) is 2.25. The van der Waals surface area contributed by atoms with Gasteiger partial charge in [0.15, 0.2) is 0 Å². The molecule has 11 heavy (non-hydrogen) atoms. The Balaban J connectivity index is 2.81. The Morgan fingerprint density at radius 1 is 1.55 bits per heavy atom. The first-order chi connectivity index (χ1) is 5.24. The van der Waals surface area contributed by atoms with E-state index in [4.69, 9.17) is 10.2 Å². The highest BCUT2D eigenvalue weighted by Gasteiger charge is 2.05. The van der Waals surface area contributed by atoms with E-state index in [1.54, 1.807) is 18.3 Å². The van der Waals surface area contributed by atoms with E-state index < -0.39 is 6.10 Å². The second-order valence-electron chi connectivity index (χ2n) is 2.10. The molecule has 0 aromatic carbocycles. The third-order valence-corrected chi connectivity index (χ3v) is 1.73. The topological polar surface area (TPSA) is 53.4 Å². The van der Waals surface area contributed by atoms with Crippen LogP contribution in [0.15, 0.2) is 22.8 Å². The Labute approximate surface area is 72.8 Å². The summed E-state index contributed by atoms with van der Waals surface area (Å²) in [6.07, 6.45) is 0.705. The molecule has 0 amide bonds. The van der Waals surface area contributed by atoms with Crippen molar-refractivity contribution < 1.29 is 10.2 Å². The molecule has 0 saturated heterocycles. The Kier molecular flexibility index (Phi) is 2.99. The number of aromatic nitrogens is 1. The van der Waals surface area contributed by atoms with Gasteiger partial charge in [0.05, 0.1) is 12.3 Å². The fraction of sp³-hybridized carbons (Fsp3) is 0.286. The quantitative estimate of drug-likeness (QED) is 0.774. The number of pyridine rings is 1. The molecule has 0 bridgehead atoms. The molecule has 2 N–H and O–H groups in total. The molecule has 3 nitrogen and oxygen atoms in total. The molecule has 1 atom stereocenters. The van der Waals surface area contributed by atoms with Crippen molar-refractivity contribution in [3.05, 3.63) is 28.5 Å². The average molecular weight is 218 g/mol. The maximum Gasteiger partial charge on any atom is 0.119 e. The van der Waals surface area contributed by atoms with Crippen LogP contribution >= 0.6 is 15.9 Å². The summed E-state index contributed by atoms with van der Waals surface area (Å²) in [4.78, 5) is 3.89. The van der Waals surface area contributed by atoms with Gasteiger partial charge < -0.3 is 10.2 Å². The van der Waals surface area contributed by atoms with E-state index in [9.17, 15) is 0 Å². The first-order valence-electron chi connectivity index (χ1n) is 3.14.